The SMILES string of the molecule is C.COC(=O)C(c1ccccc1)C1CCCCN1.COC(=O)C(c1ccccc1)C1CCCCN1C(=O)OCCl.COC(=O)C(c1ccccc1)C1CCCCN1C(=O)OCI.COC(=O)C(c1ccccc1)C1CCCCN1C(=O)OCOC(=O)CCCCCN.COC(=O)C(c1ccccc1)C1CCCCN1C(=O)OCOC(=O)CCCCCNC(=O)OC(C)(C)C.Cl.Cl.O=C(Cl)OCCl.[I-].[Na+]. The Labute approximate surface area is 898 Å². The van der Waals surface area contributed by atoms with Gasteiger partial charge in [-0.05, 0) is 200 Å². The first-order valence-electron chi connectivity index (χ1n) is 45.3. The Kier molecular flexibility index (Phi) is 71.4. The number of nitrogens with zero attached hydrogens (tertiary/aromatic N) is 4. The molecular formula is C98H139Cl5I2N7NaO26. The summed E-state index contributed by atoms with van der Waals surface area (Å²) in [5.41, 5.74) is 8.31. The Balaban J connectivity index is 0.00000170. The zero-order valence-corrected chi connectivity index (χ0v) is 90.4. The van der Waals surface area contributed by atoms with Crippen molar-refractivity contribution >= 4 is 160 Å². The quantitative estimate of drug-likeness (QED) is 0.00513. The number of nitrogens with one attached hydrogen (secondary N) is 2. The molecule has 0 saturated carbocycles. The van der Waals surface area contributed by atoms with Crippen molar-refractivity contribution in [1.82, 2.24) is 30.2 Å². The zero-order valence-electron chi connectivity index (χ0n) is 80.1. The molecule has 10 rings (SSSR count). The first-order chi connectivity index (χ1) is 64.7. The maximum absolute atomic E-state index is 12.8. The summed E-state index contributed by atoms with van der Waals surface area (Å²) in [6.07, 6.45) is 15.6. The molecule has 0 aromatic heterocycles. The Hall–Kier alpha value is -7.96. The molecule has 772 valence electrons. The maximum Gasteiger partial charge on any atom is 1.00 e. The second-order valence-corrected chi connectivity index (χ2v) is 34.0. The number of halogens is 7. The largest absolute Gasteiger partial charge is 1.00 e. The third-order valence-corrected chi connectivity index (χ3v) is 23.3. The Morgan fingerprint density at radius 1 is 0.410 bits per heavy atom. The molecule has 5 aromatic carbocycles. The van der Waals surface area contributed by atoms with Crippen LogP contribution < -0.4 is 69.9 Å². The van der Waals surface area contributed by atoms with Crippen LogP contribution in [0.25, 0.3) is 0 Å². The van der Waals surface area contributed by atoms with E-state index < -0.39 is 103 Å². The fraction of sp³-hybridized carbons (Fsp3) is 0.561. The Bertz CT molecular complexity index is 4240. The van der Waals surface area contributed by atoms with Gasteiger partial charge in [0.2, 0.25) is 13.6 Å². The van der Waals surface area contributed by atoms with E-state index in [9.17, 15) is 62.3 Å². The summed E-state index contributed by atoms with van der Waals surface area (Å²) in [6, 6.07) is 45.8. The molecule has 0 radical (unpaired) electrons. The summed E-state index contributed by atoms with van der Waals surface area (Å²) in [5, 5.41) is 6.10. The van der Waals surface area contributed by atoms with Gasteiger partial charge in [-0.2, -0.15) is 0 Å². The van der Waals surface area contributed by atoms with E-state index in [4.69, 9.17) is 85.8 Å². The number of carbonyl (C=O) groups is 13. The molecule has 5 aliphatic rings. The Morgan fingerprint density at radius 2 is 0.705 bits per heavy atom. The molecular weight excluding hydrogens is 2150 g/mol. The normalized spacial score (nSPS) is 17.2. The van der Waals surface area contributed by atoms with Crippen LogP contribution in [0.5, 0.6) is 0 Å². The number of ether oxygens (including phenoxy) is 13. The van der Waals surface area contributed by atoms with Crippen LogP contribution in [-0.4, -0.2) is 245 Å². The van der Waals surface area contributed by atoms with Gasteiger partial charge in [-0.1, -0.05) is 202 Å². The number of amides is 5. The maximum atomic E-state index is 12.8. The van der Waals surface area contributed by atoms with E-state index in [1.165, 1.54) is 53.3 Å². The molecule has 33 nitrogen and oxygen atoms in total. The number of likely N-dealkylation sites (tertiary alicyclic amines) is 4. The van der Waals surface area contributed by atoms with Crippen molar-refractivity contribution in [1.29, 1.82) is 0 Å². The minimum Gasteiger partial charge on any atom is -1.00 e. The number of alkyl halides is 3. The van der Waals surface area contributed by atoms with Crippen LogP contribution in [0, 0.1) is 0 Å². The van der Waals surface area contributed by atoms with Gasteiger partial charge in [-0.15, -0.1) is 24.8 Å². The van der Waals surface area contributed by atoms with Gasteiger partial charge in [0.1, 0.15) is 33.9 Å². The van der Waals surface area contributed by atoms with Crippen molar-refractivity contribution in [2.24, 2.45) is 5.73 Å². The number of nitrogens with two attached hydrogens (primary N) is 1. The van der Waals surface area contributed by atoms with Crippen molar-refractivity contribution in [2.45, 2.75) is 241 Å². The van der Waals surface area contributed by atoms with E-state index in [-0.39, 0.29) is 165 Å². The zero-order chi connectivity index (χ0) is 98.0. The number of hydrogen-bond acceptors (Lipinski definition) is 28. The third kappa shape index (κ3) is 47.9. The topological polar surface area (TPSA) is 405 Å². The van der Waals surface area contributed by atoms with Crippen LogP contribution in [-0.2, 0) is 95.1 Å². The molecule has 0 bridgehead atoms. The monoisotopic (exact) mass is 2280 g/mol. The molecule has 10 atom stereocenters. The second kappa shape index (κ2) is 75.8. The van der Waals surface area contributed by atoms with Crippen molar-refractivity contribution in [3.63, 3.8) is 0 Å². The first kappa shape index (κ1) is 131. The second-order valence-electron chi connectivity index (χ2n) is 32.6. The summed E-state index contributed by atoms with van der Waals surface area (Å²) in [6.45, 7) is 8.57. The van der Waals surface area contributed by atoms with E-state index in [0.717, 1.165) is 118 Å². The van der Waals surface area contributed by atoms with Crippen LogP contribution in [0.3, 0.4) is 0 Å². The number of benzene rings is 5. The molecule has 5 heterocycles. The number of rotatable bonds is 33. The van der Waals surface area contributed by atoms with E-state index in [2.05, 4.69) is 27.0 Å². The van der Waals surface area contributed by atoms with Gasteiger partial charge in [-0.25, -0.2) is 28.8 Å². The molecule has 5 aromatic rings. The summed E-state index contributed by atoms with van der Waals surface area (Å²) in [4.78, 5) is 163. The number of unbranched alkanes of at least 4 members (excludes halogenated alkanes) is 4. The van der Waals surface area contributed by atoms with E-state index >= 15 is 0 Å². The van der Waals surface area contributed by atoms with Crippen LogP contribution in [0.4, 0.5) is 28.8 Å². The van der Waals surface area contributed by atoms with Crippen molar-refractivity contribution in [2.75, 3.05) is 112 Å². The molecule has 41 heteroatoms. The molecule has 4 N–H and O–H groups in total. The van der Waals surface area contributed by atoms with Crippen molar-refractivity contribution in [3.05, 3.63) is 179 Å². The van der Waals surface area contributed by atoms with Gasteiger partial charge in [-0.3, -0.25) is 33.6 Å². The van der Waals surface area contributed by atoms with Crippen LogP contribution in [0.2, 0.25) is 0 Å². The Morgan fingerprint density at radius 3 is 0.978 bits per heavy atom. The number of hydrogen-bond donors (Lipinski definition) is 3. The van der Waals surface area contributed by atoms with Gasteiger partial charge in [0.25, 0.3) is 0 Å². The number of alkyl carbamates (subject to hydrolysis) is 1. The van der Waals surface area contributed by atoms with Crippen LogP contribution in [0.15, 0.2) is 152 Å². The predicted octanol–water partition coefficient (Wildman–Crippen LogP) is 13.1. The van der Waals surface area contributed by atoms with Gasteiger partial charge < -0.3 is 122 Å². The summed E-state index contributed by atoms with van der Waals surface area (Å²) in [5.74, 6) is -4.91. The standard InChI is InChI=1S/C27H40N2O8.C22H32N2O6.C16H20ClNO4.C16H20INO4.C14H19NO2.C2H2Cl2O2.CH4.2ClH.HI.Na/c1-27(2,3)37-25(32)28-17-11-6-9-16-22(30)35-19-36-26(33)29-18-12-10-15-21(29)23(24(31)34-4)20-13-7-5-8-14-20;1-28-21(26)20(17-10-4-2-5-11-17)18-12-7-9-15-24(18)22(27)30-16-29-19(25)13-6-3-8-14-23;2*1-21-15(19)14(12-7-3-2-4-8-12)13-9-5-6-10-18(13)16(20)22-11-17;1-17-14(16)13(11-7-3-2-4-8-11)12-9-5-6-10-15-12;3-1-6-2(4)5;;;;;/h5,7-8,13-14,21,23H,6,9-12,15-19H2,1-4H3,(H,28,32);2,4-5,10-11,18,20H,3,6-9,12-16,23H2,1H3;2*2-4,7-8,13-14H,5-6,9-11H2,1H3;2-4,7-8,12-13,15H,5-6,9-10H2,1H3;1H2;1H4;3*1H;/q;;;;;;;;;;+1/p-1. The smallest absolute Gasteiger partial charge is 1.00 e. The average Bonchev–Trinajstić information content (AvgIpc) is 0.816. The molecule has 0 aliphatic carbocycles. The molecule has 0 spiro atoms. The number of esters is 7. The number of methoxy groups -OCH3 is 5. The summed E-state index contributed by atoms with van der Waals surface area (Å²) in [7, 11) is 6.88. The van der Waals surface area contributed by atoms with Gasteiger partial charge in [0.05, 0.1) is 65.6 Å². The average molecular weight is 2290 g/mol. The van der Waals surface area contributed by atoms with Crippen LogP contribution in [0.1, 0.15) is 233 Å². The van der Waals surface area contributed by atoms with E-state index in [1.54, 1.807) is 35.5 Å². The molecule has 5 aliphatic heterocycles. The van der Waals surface area contributed by atoms with Gasteiger partial charge in [0, 0.05) is 63.2 Å². The minimum absolute atomic E-state index is 0. The number of piperidine rings is 5. The number of carbonyl (C=O) groups excluding carboxylic acids is 13. The summed E-state index contributed by atoms with van der Waals surface area (Å²) >= 11 is 17.0. The third-order valence-electron chi connectivity index (χ3n) is 22.6. The molecule has 5 amide bonds. The van der Waals surface area contributed by atoms with Crippen LogP contribution >= 0.6 is 82.2 Å². The fourth-order valence-corrected chi connectivity index (χ4v) is 17.0. The van der Waals surface area contributed by atoms with Gasteiger partial charge in [0.15, 0.2) is 12.1 Å². The first-order valence-corrected chi connectivity index (χ1v) is 48.2. The van der Waals surface area contributed by atoms with E-state index in [1.807, 2.05) is 174 Å². The van der Waals surface area contributed by atoms with Gasteiger partial charge >= 0.3 is 107 Å². The van der Waals surface area contributed by atoms with Crippen molar-refractivity contribution < 1.29 is 177 Å². The molecule has 5 saturated heterocycles. The minimum atomic E-state index is -0.870. The molecule has 139 heavy (non-hydrogen) atoms. The summed E-state index contributed by atoms with van der Waals surface area (Å²) < 4.78 is 64.9. The molecule has 10 unspecified atom stereocenters. The molecule has 5 fully saturated rings. The van der Waals surface area contributed by atoms with Crippen molar-refractivity contribution in [3.8, 4) is 0 Å². The fourth-order valence-electron chi connectivity index (χ4n) is 16.4. The van der Waals surface area contributed by atoms with E-state index in [0.29, 0.717) is 82.4 Å². The predicted molar refractivity (Wildman–Crippen MR) is 531 cm³/mol.